The summed E-state index contributed by atoms with van der Waals surface area (Å²) in [6.07, 6.45) is 75.4. The molecule has 0 saturated carbocycles. The highest BCUT2D eigenvalue weighted by atomic mass is 16.6. The van der Waals surface area contributed by atoms with Crippen LogP contribution in [0.2, 0.25) is 0 Å². The third-order valence-corrected chi connectivity index (χ3v) is 12.1. The lowest BCUT2D eigenvalue weighted by Gasteiger charge is -2.18. The maximum atomic E-state index is 12.8. The molecule has 0 amide bonds. The summed E-state index contributed by atoms with van der Waals surface area (Å²) < 4.78 is 16.8. The molecule has 0 radical (unpaired) electrons. The maximum absolute atomic E-state index is 12.8. The Morgan fingerprint density at radius 3 is 0.899 bits per heavy atom. The van der Waals surface area contributed by atoms with Gasteiger partial charge in [0.1, 0.15) is 13.2 Å². The predicted molar refractivity (Wildman–Crippen MR) is 297 cm³/mol. The third kappa shape index (κ3) is 55.1. The lowest BCUT2D eigenvalue weighted by atomic mass is 10.1. The molecule has 0 aromatic carbocycles. The summed E-state index contributed by atoms with van der Waals surface area (Å²) in [5.74, 6) is -0.917. The molecule has 69 heavy (non-hydrogen) atoms. The predicted octanol–water partition coefficient (Wildman–Crippen LogP) is 19.3. The highest BCUT2D eigenvalue weighted by Crippen LogP contribution is 2.15. The normalized spacial score (nSPS) is 12.8. The van der Waals surface area contributed by atoms with Crippen molar-refractivity contribution in [3.63, 3.8) is 0 Å². The number of rotatable bonds is 51. The molecule has 0 aromatic heterocycles. The standard InChI is InChI=1S/C63H106O6/c1-4-7-10-13-16-19-22-25-27-28-29-30-31-32-33-34-36-38-41-44-47-50-53-56-62(65)68-59-60(58-67-61(64)55-52-49-46-43-40-37-24-21-18-15-12-9-6-3)69-63(66)57-54-51-48-45-42-39-35-26-23-20-17-14-11-8-5-2/h7-8,10-11,16-17,19-21,24-27,29-30,35,60H,4-6,9,12-15,18,22-23,28,31-34,36-59H2,1-3H3/b10-7-,11-8-,19-16-,20-17-,24-21-,27-25-,30-29-,35-26-. The van der Waals surface area contributed by atoms with E-state index in [-0.39, 0.29) is 31.1 Å². The van der Waals surface area contributed by atoms with Gasteiger partial charge in [0.05, 0.1) is 0 Å². The first kappa shape index (κ1) is 65.3. The van der Waals surface area contributed by atoms with E-state index in [4.69, 9.17) is 14.2 Å². The second kappa shape index (κ2) is 56.9. The van der Waals surface area contributed by atoms with Crippen LogP contribution >= 0.6 is 0 Å². The molecule has 1 atom stereocenters. The average molecular weight is 960 g/mol. The van der Waals surface area contributed by atoms with E-state index in [0.717, 1.165) is 128 Å². The van der Waals surface area contributed by atoms with E-state index in [2.05, 4.69) is 118 Å². The minimum Gasteiger partial charge on any atom is -0.462 e. The Labute approximate surface area is 426 Å². The van der Waals surface area contributed by atoms with Crippen molar-refractivity contribution < 1.29 is 28.6 Å². The SMILES string of the molecule is CC/C=C\C/C=C\C/C=C\C/C=C\CCCCCCCCCCCCC(=O)OCC(COC(=O)CCCCCCC/C=C\CCCCCC)OC(=O)CCCCCCC/C=C\C/C=C\C/C=C\CC. The summed E-state index contributed by atoms with van der Waals surface area (Å²) in [5.41, 5.74) is 0. The lowest BCUT2D eigenvalue weighted by molar-refractivity contribution is -0.167. The Morgan fingerprint density at radius 1 is 0.304 bits per heavy atom. The Bertz CT molecular complexity index is 1380. The van der Waals surface area contributed by atoms with Gasteiger partial charge >= 0.3 is 17.9 Å². The summed E-state index contributed by atoms with van der Waals surface area (Å²) in [7, 11) is 0. The number of carbonyl (C=O) groups is 3. The molecule has 0 aromatic rings. The Morgan fingerprint density at radius 2 is 0.565 bits per heavy atom. The van der Waals surface area contributed by atoms with Crippen molar-refractivity contribution in [1.82, 2.24) is 0 Å². The van der Waals surface area contributed by atoms with Crippen LogP contribution in [0.15, 0.2) is 97.2 Å². The molecule has 0 heterocycles. The Hall–Kier alpha value is -3.67. The molecule has 0 aliphatic carbocycles. The van der Waals surface area contributed by atoms with Gasteiger partial charge in [0.15, 0.2) is 6.10 Å². The average Bonchev–Trinajstić information content (AvgIpc) is 3.35. The van der Waals surface area contributed by atoms with Crippen LogP contribution in [-0.4, -0.2) is 37.2 Å². The smallest absolute Gasteiger partial charge is 0.306 e. The van der Waals surface area contributed by atoms with Crippen LogP contribution in [0.3, 0.4) is 0 Å². The van der Waals surface area contributed by atoms with Crippen molar-refractivity contribution >= 4 is 17.9 Å². The molecule has 0 rings (SSSR count). The first-order valence-electron chi connectivity index (χ1n) is 28.7. The van der Waals surface area contributed by atoms with Crippen LogP contribution < -0.4 is 0 Å². The monoisotopic (exact) mass is 959 g/mol. The van der Waals surface area contributed by atoms with Gasteiger partial charge in [0, 0.05) is 19.3 Å². The summed E-state index contributed by atoms with van der Waals surface area (Å²) in [6.45, 7) is 6.38. The van der Waals surface area contributed by atoms with Crippen LogP contribution in [-0.2, 0) is 28.6 Å². The fraction of sp³-hybridized carbons (Fsp3) is 0.698. The largest absolute Gasteiger partial charge is 0.462 e. The summed E-state index contributed by atoms with van der Waals surface area (Å²) >= 11 is 0. The first-order valence-corrected chi connectivity index (χ1v) is 28.7. The molecule has 394 valence electrons. The van der Waals surface area contributed by atoms with Gasteiger partial charge in [-0.05, 0) is 116 Å². The Balaban J connectivity index is 4.36. The van der Waals surface area contributed by atoms with E-state index in [1.54, 1.807) is 0 Å². The molecule has 0 saturated heterocycles. The fourth-order valence-corrected chi connectivity index (χ4v) is 7.80. The van der Waals surface area contributed by atoms with Crippen LogP contribution in [0.5, 0.6) is 0 Å². The first-order chi connectivity index (χ1) is 34.0. The van der Waals surface area contributed by atoms with E-state index < -0.39 is 6.10 Å². The molecule has 0 fully saturated rings. The van der Waals surface area contributed by atoms with E-state index in [9.17, 15) is 14.4 Å². The van der Waals surface area contributed by atoms with Crippen molar-refractivity contribution in [2.45, 2.75) is 271 Å². The van der Waals surface area contributed by atoms with Gasteiger partial charge in [0.25, 0.3) is 0 Å². The summed E-state index contributed by atoms with van der Waals surface area (Å²) in [6, 6.07) is 0. The van der Waals surface area contributed by atoms with Crippen molar-refractivity contribution in [2.24, 2.45) is 0 Å². The minimum absolute atomic E-state index is 0.0896. The molecule has 6 heteroatoms. The molecule has 0 aliphatic heterocycles. The second-order valence-electron chi connectivity index (χ2n) is 18.8. The van der Waals surface area contributed by atoms with E-state index >= 15 is 0 Å². The molecular weight excluding hydrogens is 853 g/mol. The second-order valence-corrected chi connectivity index (χ2v) is 18.8. The highest BCUT2D eigenvalue weighted by molar-refractivity contribution is 5.71. The zero-order chi connectivity index (χ0) is 50.0. The molecule has 0 bridgehead atoms. The maximum Gasteiger partial charge on any atom is 0.306 e. The molecule has 6 nitrogen and oxygen atoms in total. The van der Waals surface area contributed by atoms with E-state index in [1.807, 2.05) is 0 Å². The van der Waals surface area contributed by atoms with E-state index in [1.165, 1.54) is 96.3 Å². The summed E-state index contributed by atoms with van der Waals surface area (Å²) in [4.78, 5) is 38.1. The quantitative estimate of drug-likeness (QED) is 0.0262. The molecule has 0 spiro atoms. The van der Waals surface area contributed by atoms with Gasteiger partial charge in [-0.2, -0.15) is 0 Å². The van der Waals surface area contributed by atoms with Gasteiger partial charge in [0.2, 0.25) is 0 Å². The molecule has 1 unspecified atom stereocenters. The third-order valence-electron chi connectivity index (χ3n) is 12.1. The molecule has 0 N–H and O–H groups in total. The zero-order valence-corrected chi connectivity index (χ0v) is 45.0. The van der Waals surface area contributed by atoms with Crippen LogP contribution in [0.25, 0.3) is 0 Å². The fourth-order valence-electron chi connectivity index (χ4n) is 7.80. The van der Waals surface area contributed by atoms with Crippen LogP contribution in [0, 0.1) is 0 Å². The van der Waals surface area contributed by atoms with Crippen molar-refractivity contribution in [2.75, 3.05) is 13.2 Å². The Kier molecular flexibility index (Phi) is 53.9. The highest BCUT2D eigenvalue weighted by Gasteiger charge is 2.19. The zero-order valence-electron chi connectivity index (χ0n) is 45.0. The van der Waals surface area contributed by atoms with Gasteiger partial charge in [-0.15, -0.1) is 0 Å². The van der Waals surface area contributed by atoms with E-state index in [0.29, 0.717) is 19.3 Å². The van der Waals surface area contributed by atoms with Crippen molar-refractivity contribution in [1.29, 1.82) is 0 Å². The number of unbranched alkanes of at least 4 members (excludes halogenated alkanes) is 24. The lowest BCUT2D eigenvalue weighted by Crippen LogP contribution is -2.30. The number of ether oxygens (including phenoxy) is 3. The number of carbonyl (C=O) groups excluding carboxylic acids is 3. The topological polar surface area (TPSA) is 78.9 Å². The van der Waals surface area contributed by atoms with Crippen molar-refractivity contribution in [3.05, 3.63) is 97.2 Å². The number of esters is 3. The minimum atomic E-state index is -0.792. The van der Waals surface area contributed by atoms with Gasteiger partial charge in [-0.25, -0.2) is 0 Å². The summed E-state index contributed by atoms with van der Waals surface area (Å²) in [5, 5.41) is 0. The van der Waals surface area contributed by atoms with Gasteiger partial charge in [-0.1, -0.05) is 227 Å². The number of hydrogen-bond acceptors (Lipinski definition) is 6. The number of allylic oxidation sites excluding steroid dienone is 16. The van der Waals surface area contributed by atoms with Crippen LogP contribution in [0.1, 0.15) is 265 Å². The number of hydrogen-bond donors (Lipinski definition) is 0. The molecule has 0 aliphatic rings. The van der Waals surface area contributed by atoms with Crippen LogP contribution in [0.4, 0.5) is 0 Å². The van der Waals surface area contributed by atoms with Crippen molar-refractivity contribution in [3.8, 4) is 0 Å². The van der Waals surface area contributed by atoms with Gasteiger partial charge in [-0.3, -0.25) is 14.4 Å². The van der Waals surface area contributed by atoms with Gasteiger partial charge < -0.3 is 14.2 Å². The molecular formula is C63H106O6.